The van der Waals surface area contributed by atoms with E-state index in [2.05, 4.69) is 93.5 Å². The Kier molecular flexibility index (Phi) is 18.2. The van der Waals surface area contributed by atoms with Crippen molar-refractivity contribution in [1.29, 1.82) is 0 Å². The van der Waals surface area contributed by atoms with Gasteiger partial charge in [-0.3, -0.25) is 9.36 Å². The minimum Gasteiger partial charge on any atom is -0.481 e. The standard InChI is InChI=1S/C24H26FNO4.C24H20N6O3.C11H17N/c1-15(2)26-21-6-4-3-5-20(21)24(16-7-9-17(25)10-8-16)22(26)12-11-18(27)13-19(28)14-23(29)30;1-2-33-24-25-20-9-5-8-19(23(31)32)21(20)30(24)14-15-10-12-16(13-11-15)17-6-3-4-7-18(17)22-26-28-29-27-22;1-11(2,12-3)9-10-7-5-4-6-8-10/h3-12,15,18-19,27-28H,13-14H2,1-2H3,(H,29,30);3-13H,2,14H2,1H3,(H,31,32)(H,26,27,28,29);4-8,12H,9H2,1-3H3/b12-11+;;/t18-,19-;;/m1../s1. The molecule has 0 bridgehead atoms. The minimum absolute atomic E-state index is 0.0728. The average Bonchev–Trinajstić information content (AvgIpc) is 4.14. The van der Waals surface area contributed by atoms with Gasteiger partial charge in [-0.25, -0.2) is 14.3 Å². The van der Waals surface area contributed by atoms with E-state index in [1.807, 2.05) is 91.3 Å². The largest absolute Gasteiger partial charge is 0.481 e. The number of aliphatic hydroxyl groups excluding tert-OH is 2. The number of hydrogen-bond acceptors (Lipinski definition) is 10. The molecule has 0 fully saturated rings. The molecular formula is C59H63FN8O7. The van der Waals surface area contributed by atoms with Crippen LogP contribution in [-0.4, -0.2) is 98.5 Å². The number of para-hydroxylation sites is 2. The van der Waals surface area contributed by atoms with Crippen LogP contribution in [0.25, 0.3) is 61.7 Å². The van der Waals surface area contributed by atoms with E-state index in [0.29, 0.717) is 36.0 Å². The van der Waals surface area contributed by atoms with Gasteiger partial charge in [0.25, 0.3) is 6.01 Å². The number of carbonyl (C=O) groups is 2. The molecule has 0 aliphatic carbocycles. The average molecular weight is 1020 g/mol. The summed E-state index contributed by atoms with van der Waals surface area (Å²) in [6.07, 6.45) is 1.80. The summed E-state index contributed by atoms with van der Waals surface area (Å²) >= 11 is 0. The lowest BCUT2D eigenvalue weighted by molar-refractivity contribution is -0.139. The summed E-state index contributed by atoms with van der Waals surface area (Å²) < 4.78 is 23.2. The zero-order chi connectivity index (χ0) is 53.6. The lowest BCUT2D eigenvalue weighted by Crippen LogP contribution is -2.38. The summed E-state index contributed by atoms with van der Waals surface area (Å²) in [5.41, 5.74) is 10.5. The van der Waals surface area contributed by atoms with Gasteiger partial charge in [-0.1, -0.05) is 121 Å². The minimum atomic E-state index is -1.13. The van der Waals surface area contributed by atoms with Crippen molar-refractivity contribution in [3.05, 3.63) is 180 Å². The van der Waals surface area contributed by atoms with Crippen molar-refractivity contribution in [3.8, 4) is 39.7 Å². The summed E-state index contributed by atoms with van der Waals surface area (Å²) in [6.45, 7) is 11.3. The van der Waals surface area contributed by atoms with Crippen molar-refractivity contribution >= 4 is 40.0 Å². The van der Waals surface area contributed by atoms with E-state index >= 15 is 0 Å². The van der Waals surface area contributed by atoms with Crippen molar-refractivity contribution in [3.63, 3.8) is 0 Å². The molecule has 0 aliphatic rings. The Hall–Kier alpha value is -8.31. The number of ether oxygens (including phenoxy) is 1. The first-order chi connectivity index (χ1) is 36.1. The fourth-order valence-corrected chi connectivity index (χ4v) is 8.87. The summed E-state index contributed by atoms with van der Waals surface area (Å²) in [7, 11) is 2.00. The number of nitrogens with zero attached hydrogens (tertiary/aromatic N) is 6. The maximum Gasteiger partial charge on any atom is 0.337 e. The Bertz CT molecular complexity index is 3330. The van der Waals surface area contributed by atoms with Crippen molar-refractivity contribution in [2.75, 3.05) is 13.7 Å². The number of aliphatic hydroxyl groups is 2. The van der Waals surface area contributed by atoms with Crippen molar-refractivity contribution in [2.45, 2.75) is 84.2 Å². The van der Waals surface area contributed by atoms with Gasteiger partial charge in [0.2, 0.25) is 0 Å². The van der Waals surface area contributed by atoms with Crippen molar-refractivity contribution in [2.24, 2.45) is 0 Å². The van der Waals surface area contributed by atoms with Gasteiger partial charge in [-0.05, 0) is 123 Å². The molecule has 0 spiro atoms. The molecule has 15 nitrogen and oxygen atoms in total. The van der Waals surface area contributed by atoms with Crippen LogP contribution in [0, 0.1) is 5.82 Å². The van der Waals surface area contributed by atoms with E-state index in [9.17, 15) is 29.3 Å². The molecule has 0 radical (unpaired) electrons. The topological polar surface area (TPSA) is 214 Å². The maximum absolute atomic E-state index is 13.5. The number of aromatic nitrogens is 7. The Morgan fingerprint density at radius 1 is 0.813 bits per heavy atom. The van der Waals surface area contributed by atoms with Gasteiger partial charge in [-0.2, -0.15) is 4.98 Å². The quantitative estimate of drug-likeness (QED) is 0.0474. The van der Waals surface area contributed by atoms with Crippen LogP contribution in [0.5, 0.6) is 6.01 Å². The molecule has 2 atom stereocenters. The molecule has 6 N–H and O–H groups in total. The lowest BCUT2D eigenvalue weighted by atomic mass is 9.95. The molecule has 16 heteroatoms. The highest BCUT2D eigenvalue weighted by Crippen LogP contribution is 2.38. The third-order valence-corrected chi connectivity index (χ3v) is 12.5. The maximum atomic E-state index is 13.5. The molecule has 3 heterocycles. The smallest absolute Gasteiger partial charge is 0.337 e. The molecule has 388 valence electrons. The number of benzene rings is 6. The van der Waals surface area contributed by atoms with Crippen molar-refractivity contribution in [1.82, 2.24) is 40.1 Å². The number of H-pyrrole nitrogens is 1. The number of halogens is 1. The number of fused-ring (bicyclic) bond motifs is 2. The molecular weight excluding hydrogens is 952 g/mol. The zero-order valence-electron chi connectivity index (χ0n) is 42.9. The van der Waals surface area contributed by atoms with Crippen LogP contribution in [0.15, 0.2) is 152 Å². The molecule has 3 aromatic heterocycles. The van der Waals surface area contributed by atoms with Crippen LogP contribution in [0.1, 0.15) is 80.7 Å². The van der Waals surface area contributed by atoms with E-state index in [1.54, 1.807) is 42.5 Å². The van der Waals surface area contributed by atoms with Crippen LogP contribution < -0.4 is 10.1 Å². The molecule has 0 saturated heterocycles. The van der Waals surface area contributed by atoms with Gasteiger partial charge >= 0.3 is 11.9 Å². The SMILES string of the molecule is CC(C)n1c(/C=C/[C@@H](O)C[C@@H](O)CC(=O)O)c(-c2ccc(F)cc2)c2ccccc21.CCOc1nc2cccc(C(=O)O)c2n1Cc1ccc(-c2ccccc2-c2nnn[nH]2)cc1.CNC(C)(C)Cc1ccccc1. The molecule has 9 aromatic rings. The molecule has 75 heavy (non-hydrogen) atoms. The second-order valence-electron chi connectivity index (χ2n) is 18.8. The zero-order valence-corrected chi connectivity index (χ0v) is 42.9. The fraction of sp³-hybridized carbons (Fsp3) is 0.254. The number of imidazole rings is 1. The highest BCUT2D eigenvalue weighted by molar-refractivity contribution is 6.02. The Balaban J connectivity index is 0.000000180. The van der Waals surface area contributed by atoms with Gasteiger partial charge in [0.1, 0.15) is 5.82 Å². The summed E-state index contributed by atoms with van der Waals surface area (Å²) in [5.74, 6) is -1.83. The van der Waals surface area contributed by atoms with Crippen LogP contribution in [0.4, 0.5) is 4.39 Å². The second kappa shape index (κ2) is 25.1. The summed E-state index contributed by atoms with van der Waals surface area (Å²) in [6, 6.07) is 46.3. The van der Waals surface area contributed by atoms with E-state index < -0.39 is 30.6 Å². The van der Waals surface area contributed by atoms with Crippen LogP contribution in [-0.2, 0) is 17.8 Å². The van der Waals surface area contributed by atoms with Gasteiger partial charge < -0.3 is 35.0 Å². The molecule has 0 aliphatic heterocycles. The van der Waals surface area contributed by atoms with E-state index in [0.717, 1.165) is 56.4 Å². The number of aromatic carboxylic acids is 1. The molecule has 6 aromatic carbocycles. The number of carboxylic acids is 2. The van der Waals surface area contributed by atoms with Crippen LogP contribution >= 0.6 is 0 Å². The third kappa shape index (κ3) is 13.9. The normalized spacial score (nSPS) is 12.3. The Morgan fingerprint density at radius 2 is 1.48 bits per heavy atom. The first-order valence-corrected chi connectivity index (χ1v) is 24.7. The first kappa shape index (κ1) is 54.5. The number of aliphatic carboxylic acids is 1. The van der Waals surface area contributed by atoms with E-state index in [-0.39, 0.29) is 29.4 Å². The van der Waals surface area contributed by atoms with Crippen LogP contribution in [0.2, 0.25) is 0 Å². The number of rotatable bonds is 18. The van der Waals surface area contributed by atoms with Gasteiger partial charge in [0.15, 0.2) is 5.82 Å². The number of carboxylic acid groups (broad SMARTS) is 2. The molecule has 0 amide bonds. The highest BCUT2D eigenvalue weighted by atomic mass is 19.1. The van der Waals surface area contributed by atoms with Crippen molar-refractivity contribution < 1.29 is 39.1 Å². The van der Waals surface area contributed by atoms with Gasteiger partial charge in [0.05, 0.1) is 48.4 Å². The fourth-order valence-electron chi connectivity index (χ4n) is 8.87. The summed E-state index contributed by atoms with van der Waals surface area (Å²) in [4.78, 5) is 27.0. The number of nitrogens with one attached hydrogen (secondary N) is 2. The third-order valence-electron chi connectivity index (χ3n) is 12.5. The van der Waals surface area contributed by atoms with Crippen LogP contribution in [0.3, 0.4) is 0 Å². The van der Waals surface area contributed by atoms with E-state index in [1.165, 1.54) is 17.7 Å². The number of hydrogen-bond donors (Lipinski definition) is 6. The predicted octanol–water partition coefficient (Wildman–Crippen LogP) is 10.9. The van der Waals surface area contributed by atoms with Gasteiger partial charge in [0, 0.05) is 45.7 Å². The summed E-state index contributed by atoms with van der Waals surface area (Å²) in [5, 5.41) is 57.0. The lowest BCUT2D eigenvalue weighted by Gasteiger charge is -2.23. The Labute approximate surface area is 435 Å². The number of likely N-dealkylation sites (N-methyl/N-ethyl adjacent to an activating group) is 1. The number of tetrazole rings is 1. The van der Waals surface area contributed by atoms with E-state index in [4.69, 9.17) is 9.84 Å². The number of aromatic amines is 1. The highest BCUT2D eigenvalue weighted by Gasteiger charge is 2.22. The predicted molar refractivity (Wildman–Crippen MR) is 291 cm³/mol. The first-order valence-electron chi connectivity index (χ1n) is 24.7. The Morgan fingerprint density at radius 3 is 2.12 bits per heavy atom. The molecule has 9 rings (SSSR count). The van der Waals surface area contributed by atoms with Gasteiger partial charge in [-0.15, -0.1) is 5.10 Å². The molecule has 0 saturated carbocycles. The molecule has 0 unspecified atom stereocenters. The monoisotopic (exact) mass is 1010 g/mol. The second-order valence-corrected chi connectivity index (χ2v) is 18.8.